The number of rotatable bonds is 1. The van der Waals surface area contributed by atoms with Crippen LogP contribution in [-0.2, 0) is 16.6 Å². The lowest BCUT2D eigenvalue weighted by molar-refractivity contribution is -0.141. The second kappa shape index (κ2) is 3.98. The molecule has 1 aromatic heterocycles. The zero-order chi connectivity index (χ0) is 13.6. The summed E-state index contributed by atoms with van der Waals surface area (Å²) in [7, 11) is 1.62. The molecule has 1 aliphatic rings. The molecule has 1 saturated heterocycles. The lowest BCUT2D eigenvalue weighted by Crippen LogP contribution is -2.51. The molecule has 19 heavy (non-hydrogen) atoms. The number of piperazine rings is 1. The van der Waals surface area contributed by atoms with Crippen molar-refractivity contribution < 1.29 is 14.0 Å². The summed E-state index contributed by atoms with van der Waals surface area (Å²) in [6.07, 6.45) is 0. The van der Waals surface area contributed by atoms with E-state index in [1.165, 1.54) is 4.57 Å². The van der Waals surface area contributed by atoms with Crippen molar-refractivity contribution in [2.24, 2.45) is 7.05 Å². The molecule has 0 bridgehead atoms. The van der Waals surface area contributed by atoms with E-state index in [2.05, 4.69) is 10.6 Å². The number of nitrogens with one attached hydrogen (secondary N) is 2. The van der Waals surface area contributed by atoms with Gasteiger partial charge in [-0.3, -0.25) is 14.2 Å². The molecule has 2 N–H and O–H groups in total. The van der Waals surface area contributed by atoms with Crippen LogP contribution in [0.1, 0.15) is 11.6 Å². The molecule has 2 amide bonds. The van der Waals surface area contributed by atoms with Crippen molar-refractivity contribution >= 4 is 22.9 Å². The van der Waals surface area contributed by atoms with Gasteiger partial charge in [-0.25, -0.2) is 4.79 Å². The molecule has 1 aromatic carbocycles. The van der Waals surface area contributed by atoms with Crippen molar-refractivity contribution in [2.45, 2.75) is 6.04 Å². The molecule has 2 aromatic rings. The fraction of sp³-hybridized carbons (Fsp3) is 0.250. The summed E-state index contributed by atoms with van der Waals surface area (Å²) in [5.41, 5.74) is 1.91. The molecule has 1 unspecified atom stereocenters. The van der Waals surface area contributed by atoms with E-state index in [0.717, 1.165) is 5.56 Å². The van der Waals surface area contributed by atoms with E-state index in [-0.39, 0.29) is 6.04 Å². The normalized spacial score (nSPS) is 19.3. The summed E-state index contributed by atoms with van der Waals surface area (Å²) < 4.78 is 6.49. The predicted molar refractivity (Wildman–Crippen MR) is 65.3 cm³/mol. The highest BCUT2D eigenvalue weighted by Gasteiger charge is 2.26. The van der Waals surface area contributed by atoms with Gasteiger partial charge in [-0.05, 0) is 17.7 Å². The Morgan fingerprint density at radius 2 is 2.05 bits per heavy atom. The molecule has 3 rings (SSSR count). The second-order valence-electron chi connectivity index (χ2n) is 4.39. The Labute approximate surface area is 107 Å². The van der Waals surface area contributed by atoms with Gasteiger partial charge in [0, 0.05) is 13.6 Å². The number of hydrogen-bond donors (Lipinski definition) is 2. The number of aryl methyl sites for hydroxylation is 1. The van der Waals surface area contributed by atoms with Crippen molar-refractivity contribution in [1.82, 2.24) is 15.2 Å². The van der Waals surface area contributed by atoms with Gasteiger partial charge in [0.05, 0.1) is 11.6 Å². The van der Waals surface area contributed by atoms with Crippen molar-refractivity contribution in [2.75, 3.05) is 6.54 Å². The van der Waals surface area contributed by atoms with E-state index in [0.29, 0.717) is 17.6 Å². The summed E-state index contributed by atoms with van der Waals surface area (Å²) in [5, 5.41) is 5.09. The first-order chi connectivity index (χ1) is 9.06. The summed E-state index contributed by atoms with van der Waals surface area (Å²) in [6.45, 7) is 0.313. The number of hydrogen-bond acceptors (Lipinski definition) is 4. The number of carbonyl (C=O) groups excluding carboxylic acids is 2. The van der Waals surface area contributed by atoms with Crippen LogP contribution in [0.15, 0.2) is 27.4 Å². The lowest BCUT2D eigenvalue weighted by atomic mass is 10.0. The number of aromatic nitrogens is 1. The molecule has 98 valence electrons. The van der Waals surface area contributed by atoms with Crippen molar-refractivity contribution in [3.05, 3.63) is 34.3 Å². The van der Waals surface area contributed by atoms with E-state index in [1.54, 1.807) is 25.2 Å². The Balaban J connectivity index is 2.00. The fourth-order valence-corrected chi connectivity index (χ4v) is 2.12. The number of nitrogens with zero attached hydrogens (tertiary/aromatic N) is 1. The van der Waals surface area contributed by atoms with Crippen LogP contribution in [0.3, 0.4) is 0 Å². The van der Waals surface area contributed by atoms with Crippen LogP contribution in [0.25, 0.3) is 11.1 Å². The number of benzene rings is 1. The first-order valence-corrected chi connectivity index (χ1v) is 5.74. The van der Waals surface area contributed by atoms with Crippen molar-refractivity contribution in [3.8, 4) is 0 Å². The minimum Gasteiger partial charge on any atom is -0.408 e. The van der Waals surface area contributed by atoms with Gasteiger partial charge >= 0.3 is 17.6 Å². The molecule has 1 fully saturated rings. The van der Waals surface area contributed by atoms with Gasteiger partial charge in [0.1, 0.15) is 0 Å². The van der Waals surface area contributed by atoms with E-state index in [9.17, 15) is 14.4 Å². The van der Waals surface area contributed by atoms with Crippen LogP contribution in [0, 0.1) is 0 Å². The Morgan fingerprint density at radius 3 is 2.79 bits per heavy atom. The third kappa shape index (κ3) is 1.79. The zero-order valence-corrected chi connectivity index (χ0v) is 10.1. The fourth-order valence-electron chi connectivity index (χ4n) is 2.12. The third-order valence-electron chi connectivity index (χ3n) is 3.20. The summed E-state index contributed by atoms with van der Waals surface area (Å²) >= 11 is 0. The van der Waals surface area contributed by atoms with Gasteiger partial charge in [-0.15, -0.1) is 0 Å². The Bertz CT molecular complexity index is 743. The molecular weight excluding hydrogens is 250 g/mol. The summed E-state index contributed by atoms with van der Waals surface area (Å²) in [6, 6.07) is 4.91. The number of oxazole rings is 1. The SMILES string of the molecule is Cn1c(=O)oc2cc(C3CNC(=O)C(=O)N3)ccc21. The van der Waals surface area contributed by atoms with Crippen molar-refractivity contribution in [1.29, 1.82) is 0 Å². The summed E-state index contributed by atoms with van der Waals surface area (Å²) in [4.78, 5) is 33.7. The lowest BCUT2D eigenvalue weighted by Gasteiger charge is -2.23. The highest BCUT2D eigenvalue weighted by atomic mass is 16.4. The molecule has 7 heteroatoms. The molecule has 0 spiro atoms. The first-order valence-electron chi connectivity index (χ1n) is 5.74. The quantitative estimate of drug-likeness (QED) is 0.671. The van der Waals surface area contributed by atoms with Gasteiger partial charge < -0.3 is 15.1 Å². The second-order valence-corrected chi connectivity index (χ2v) is 4.39. The van der Waals surface area contributed by atoms with E-state index >= 15 is 0 Å². The van der Waals surface area contributed by atoms with E-state index in [1.807, 2.05) is 0 Å². The van der Waals surface area contributed by atoms with Crippen LogP contribution in [0.5, 0.6) is 0 Å². The zero-order valence-electron chi connectivity index (χ0n) is 10.1. The molecule has 0 radical (unpaired) electrons. The highest BCUT2D eigenvalue weighted by Crippen LogP contribution is 2.20. The number of fused-ring (bicyclic) bond motifs is 1. The minimum atomic E-state index is -0.661. The standard InChI is InChI=1S/C12H11N3O4/c1-15-8-3-2-6(4-9(8)19-12(15)18)7-5-13-10(16)11(17)14-7/h2-4,7H,5H2,1H3,(H,13,16)(H,14,17). The van der Waals surface area contributed by atoms with Gasteiger partial charge in [0.2, 0.25) is 0 Å². The maximum atomic E-state index is 11.4. The molecule has 0 saturated carbocycles. The van der Waals surface area contributed by atoms with Crippen molar-refractivity contribution in [3.63, 3.8) is 0 Å². The van der Waals surface area contributed by atoms with E-state index in [4.69, 9.17) is 4.42 Å². The molecule has 1 atom stereocenters. The topological polar surface area (TPSA) is 93.3 Å². The molecule has 2 heterocycles. The van der Waals surface area contributed by atoms with Gasteiger partial charge in [0.25, 0.3) is 0 Å². The predicted octanol–water partition coefficient (Wildman–Crippen LogP) is -0.581. The molecule has 7 nitrogen and oxygen atoms in total. The minimum absolute atomic E-state index is 0.313. The monoisotopic (exact) mass is 261 g/mol. The number of amides is 2. The third-order valence-corrected chi connectivity index (χ3v) is 3.20. The highest BCUT2D eigenvalue weighted by molar-refractivity contribution is 6.35. The van der Waals surface area contributed by atoms with Gasteiger partial charge in [-0.1, -0.05) is 6.07 Å². The Morgan fingerprint density at radius 1 is 1.26 bits per heavy atom. The number of carbonyl (C=O) groups is 2. The van der Waals surface area contributed by atoms with Crippen LogP contribution >= 0.6 is 0 Å². The molecule has 1 aliphatic heterocycles. The van der Waals surface area contributed by atoms with Crippen LogP contribution in [-0.4, -0.2) is 22.9 Å². The smallest absolute Gasteiger partial charge is 0.408 e. The van der Waals surface area contributed by atoms with Gasteiger partial charge in [-0.2, -0.15) is 0 Å². The average molecular weight is 261 g/mol. The van der Waals surface area contributed by atoms with E-state index < -0.39 is 17.6 Å². The average Bonchev–Trinajstić information content (AvgIpc) is 2.68. The molecular formula is C12H11N3O4. The maximum Gasteiger partial charge on any atom is 0.419 e. The first kappa shape index (κ1) is 11.5. The molecule has 0 aliphatic carbocycles. The van der Waals surface area contributed by atoms with Crippen LogP contribution < -0.4 is 16.4 Å². The largest absolute Gasteiger partial charge is 0.419 e. The maximum absolute atomic E-state index is 11.4. The van der Waals surface area contributed by atoms with Crippen LogP contribution in [0.2, 0.25) is 0 Å². The Hall–Kier alpha value is -2.57. The van der Waals surface area contributed by atoms with Crippen LogP contribution in [0.4, 0.5) is 0 Å². The summed E-state index contributed by atoms with van der Waals surface area (Å²) in [5.74, 6) is -1.73. The van der Waals surface area contributed by atoms with Gasteiger partial charge in [0.15, 0.2) is 5.58 Å². The Kier molecular flexibility index (Phi) is 2.41.